The number of para-hydroxylation sites is 1. The third-order valence-electron chi connectivity index (χ3n) is 2.63. The molecule has 0 aliphatic carbocycles. The molecule has 1 aromatic heterocycles. The summed E-state index contributed by atoms with van der Waals surface area (Å²) in [6.45, 7) is 2.34. The fraction of sp³-hybridized carbons (Fsp3) is 0.182. The van der Waals surface area contributed by atoms with Gasteiger partial charge in [-0.3, -0.25) is 19.5 Å². The summed E-state index contributed by atoms with van der Waals surface area (Å²) in [5.74, 6) is -1.22. The third kappa shape index (κ3) is 2.99. The molecule has 21 heavy (non-hydrogen) atoms. The molecule has 0 spiro atoms. The number of nitrogens with zero attached hydrogens (tertiary/aromatic N) is 3. The second-order valence-electron chi connectivity index (χ2n) is 4.03. The van der Waals surface area contributed by atoms with Gasteiger partial charge in [0, 0.05) is 12.7 Å². The van der Waals surface area contributed by atoms with Crippen LogP contribution in [0.2, 0.25) is 0 Å². The number of aryl methyl sites for hydroxylation is 1. The van der Waals surface area contributed by atoms with Crippen molar-refractivity contribution in [1.29, 1.82) is 0 Å². The van der Waals surface area contributed by atoms with E-state index in [9.17, 15) is 22.9 Å². The lowest BCUT2D eigenvalue weighted by atomic mass is 10.3. The Bertz CT molecular complexity index is 787. The Morgan fingerprint density at radius 3 is 2.76 bits per heavy atom. The Kier molecular flexibility index (Phi) is 3.89. The van der Waals surface area contributed by atoms with E-state index < -0.39 is 31.3 Å². The lowest BCUT2D eigenvalue weighted by Crippen LogP contribution is -2.15. The highest BCUT2D eigenvalue weighted by molar-refractivity contribution is 7.92. The average molecular weight is 314 g/mol. The summed E-state index contributed by atoms with van der Waals surface area (Å²) in [5, 5.41) is 14.7. The average Bonchev–Trinajstić information content (AvgIpc) is 2.85. The minimum absolute atomic E-state index is 0.135. The third-order valence-corrected chi connectivity index (χ3v) is 4.04. The first-order valence-corrected chi connectivity index (χ1v) is 7.31. The molecular formula is C11H11FN4O4S. The highest BCUT2D eigenvalue weighted by Gasteiger charge is 2.29. The van der Waals surface area contributed by atoms with Gasteiger partial charge in [0.15, 0.2) is 4.90 Å². The fourth-order valence-electron chi connectivity index (χ4n) is 1.69. The van der Waals surface area contributed by atoms with Crippen molar-refractivity contribution in [3.63, 3.8) is 0 Å². The van der Waals surface area contributed by atoms with E-state index in [1.54, 1.807) is 0 Å². The van der Waals surface area contributed by atoms with Crippen molar-refractivity contribution in [2.24, 2.45) is 0 Å². The molecule has 1 aromatic carbocycles. The van der Waals surface area contributed by atoms with E-state index in [2.05, 4.69) is 9.82 Å². The summed E-state index contributed by atoms with van der Waals surface area (Å²) in [7, 11) is -4.29. The zero-order valence-corrected chi connectivity index (χ0v) is 11.7. The highest BCUT2D eigenvalue weighted by Crippen LogP contribution is 2.28. The Labute approximate surface area is 119 Å². The fourth-order valence-corrected chi connectivity index (χ4v) is 2.90. The number of hydrogen-bond donors (Lipinski definition) is 1. The van der Waals surface area contributed by atoms with Crippen LogP contribution < -0.4 is 4.72 Å². The summed E-state index contributed by atoms with van der Waals surface area (Å²) < 4.78 is 41.4. The van der Waals surface area contributed by atoms with E-state index in [1.165, 1.54) is 17.1 Å². The molecule has 0 aliphatic heterocycles. The number of hydrogen-bond acceptors (Lipinski definition) is 5. The summed E-state index contributed by atoms with van der Waals surface area (Å²) in [4.78, 5) is 9.04. The largest absolute Gasteiger partial charge is 0.325 e. The van der Waals surface area contributed by atoms with Crippen molar-refractivity contribution in [1.82, 2.24) is 9.78 Å². The van der Waals surface area contributed by atoms with Gasteiger partial charge in [0.1, 0.15) is 0 Å². The van der Waals surface area contributed by atoms with Crippen molar-refractivity contribution in [2.45, 2.75) is 18.4 Å². The maximum Gasteiger partial charge on any atom is 0.325 e. The number of nitro groups is 1. The van der Waals surface area contributed by atoms with Crippen LogP contribution in [0.25, 0.3) is 0 Å². The molecule has 1 heterocycles. The summed E-state index contributed by atoms with van der Waals surface area (Å²) in [5.41, 5.74) is -0.955. The molecule has 0 radical (unpaired) electrons. The Balaban J connectivity index is 2.45. The van der Waals surface area contributed by atoms with Crippen molar-refractivity contribution in [2.75, 3.05) is 4.72 Å². The molecule has 0 unspecified atom stereocenters. The molecule has 2 rings (SSSR count). The first kappa shape index (κ1) is 14.9. The van der Waals surface area contributed by atoms with Crippen LogP contribution in [-0.4, -0.2) is 23.1 Å². The molecule has 1 N–H and O–H groups in total. The molecule has 0 amide bonds. The first-order chi connectivity index (χ1) is 9.85. The van der Waals surface area contributed by atoms with Gasteiger partial charge in [-0.15, -0.1) is 0 Å². The molecule has 0 saturated carbocycles. The zero-order valence-electron chi connectivity index (χ0n) is 10.9. The lowest BCUT2D eigenvalue weighted by Gasteiger charge is -2.06. The first-order valence-electron chi connectivity index (χ1n) is 5.83. The van der Waals surface area contributed by atoms with Crippen molar-refractivity contribution >= 4 is 21.4 Å². The molecule has 112 valence electrons. The van der Waals surface area contributed by atoms with Gasteiger partial charge in [-0.2, -0.15) is 9.49 Å². The van der Waals surface area contributed by atoms with Crippen LogP contribution in [0.4, 0.5) is 15.8 Å². The van der Waals surface area contributed by atoms with Gasteiger partial charge in [0.25, 0.3) is 10.0 Å². The number of nitrogens with one attached hydrogen (secondary N) is 1. The number of rotatable bonds is 5. The second-order valence-corrected chi connectivity index (χ2v) is 5.68. The molecule has 0 aliphatic rings. The van der Waals surface area contributed by atoms with Crippen LogP contribution in [0.15, 0.2) is 35.5 Å². The number of benzene rings is 1. The lowest BCUT2D eigenvalue weighted by molar-refractivity contribution is -0.390. The van der Waals surface area contributed by atoms with Crippen molar-refractivity contribution < 1.29 is 17.7 Å². The van der Waals surface area contributed by atoms with Gasteiger partial charge in [-0.1, -0.05) is 6.07 Å². The number of nitro benzene ring substituents is 1. The number of sulfonamides is 1. The van der Waals surface area contributed by atoms with Gasteiger partial charge in [0.2, 0.25) is 5.82 Å². The van der Waals surface area contributed by atoms with E-state index in [0.717, 1.165) is 18.2 Å². The quantitative estimate of drug-likeness (QED) is 0.668. The Hall–Kier alpha value is -2.49. The van der Waals surface area contributed by atoms with Crippen LogP contribution in [0, 0.1) is 15.9 Å². The van der Waals surface area contributed by atoms with E-state index >= 15 is 0 Å². The van der Waals surface area contributed by atoms with E-state index in [0.29, 0.717) is 6.54 Å². The van der Waals surface area contributed by atoms with Gasteiger partial charge < -0.3 is 0 Å². The van der Waals surface area contributed by atoms with Gasteiger partial charge in [-0.25, -0.2) is 8.42 Å². The molecule has 0 bridgehead atoms. The van der Waals surface area contributed by atoms with Gasteiger partial charge >= 0.3 is 5.69 Å². The summed E-state index contributed by atoms with van der Waals surface area (Å²) >= 11 is 0. The number of aromatic nitrogens is 2. The molecule has 0 saturated heterocycles. The molecule has 2 aromatic rings. The molecule has 0 atom stereocenters. The van der Waals surface area contributed by atoms with Crippen LogP contribution in [-0.2, 0) is 16.6 Å². The molecule has 0 fully saturated rings. The Morgan fingerprint density at radius 1 is 1.48 bits per heavy atom. The number of anilines is 1. The molecule has 10 heteroatoms. The highest BCUT2D eigenvalue weighted by atomic mass is 32.2. The summed E-state index contributed by atoms with van der Waals surface area (Å²) in [6, 6.07) is 2.88. The monoisotopic (exact) mass is 314 g/mol. The predicted molar refractivity (Wildman–Crippen MR) is 71.8 cm³/mol. The number of halogens is 1. The zero-order chi connectivity index (χ0) is 15.6. The smallest absolute Gasteiger partial charge is 0.276 e. The topological polar surface area (TPSA) is 107 Å². The molecular weight excluding hydrogens is 303 g/mol. The van der Waals surface area contributed by atoms with Crippen LogP contribution in [0.3, 0.4) is 0 Å². The van der Waals surface area contributed by atoms with Crippen LogP contribution in [0.1, 0.15) is 6.92 Å². The minimum Gasteiger partial charge on any atom is -0.276 e. The van der Waals surface area contributed by atoms with E-state index in [-0.39, 0.29) is 5.69 Å². The molecule has 8 nitrogen and oxygen atoms in total. The van der Waals surface area contributed by atoms with Gasteiger partial charge in [-0.05, 0) is 19.1 Å². The maximum absolute atomic E-state index is 13.5. The van der Waals surface area contributed by atoms with Gasteiger partial charge in [0.05, 0.1) is 16.8 Å². The van der Waals surface area contributed by atoms with E-state index in [4.69, 9.17) is 0 Å². The Morgan fingerprint density at radius 2 is 2.19 bits per heavy atom. The normalized spacial score (nSPS) is 11.3. The summed E-state index contributed by atoms with van der Waals surface area (Å²) in [6.07, 6.45) is 2.68. The standard InChI is InChI=1S/C11H11FN4O4S/c1-2-15-7-8(6-13-15)14-21(19,20)10-5-3-4-9(12)11(10)16(17)18/h3-7,14H,2H2,1H3. The van der Waals surface area contributed by atoms with Crippen LogP contribution >= 0.6 is 0 Å². The maximum atomic E-state index is 13.5. The minimum atomic E-state index is -4.29. The van der Waals surface area contributed by atoms with Crippen molar-refractivity contribution in [3.05, 3.63) is 46.5 Å². The predicted octanol–water partition coefficient (Wildman–Crippen LogP) is 1.75. The van der Waals surface area contributed by atoms with Crippen LogP contribution in [0.5, 0.6) is 0 Å². The van der Waals surface area contributed by atoms with E-state index in [1.807, 2.05) is 6.92 Å². The van der Waals surface area contributed by atoms with Crippen molar-refractivity contribution in [3.8, 4) is 0 Å². The second kappa shape index (κ2) is 5.48. The SMILES string of the molecule is CCn1cc(NS(=O)(=O)c2cccc(F)c2[N+](=O)[O-])cn1.